The van der Waals surface area contributed by atoms with Crippen LogP contribution in [-0.4, -0.2) is 30.1 Å². The summed E-state index contributed by atoms with van der Waals surface area (Å²) in [5, 5.41) is 2.81. The Bertz CT molecular complexity index is 687. The van der Waals surface area contributed by atoms with E-state index in [1.165, 1.54) is 4.90 Å². The summed E-state index contributed by atoms with van der Waals surface area (Å²) >= 11 is 3.32. The van der Waals surface area contributed by atoms with Crippen molar-refractivity contribution in [1.29, 1.82) is 0 Å². The highest BCUT2D eigenvalue weighted by atomic mass is 127. The predicted molar refractivity (Wildman–Crippen MR) is 98.5 cm³/mol. The minimum atomic E-state index is -0.150. The minimum absolute atomic E-state index is 0.0318. The molecule has 2 aromatic carbocycles. The summed E-state index contributed by atoms with van der Waals surface area (Å²) in [6, 6.07) is 14.6. The van der Waals surface area contributed by atoms with Gasteiger partial charge in [-0.15, -0.1) is 0 Å². The van der Waals surface area contributed by atoms with Gasteiger partial charge in [0.25, 0.3) is 11.1 Å². The van der Waals surface area contributed by atoms with Gasteiger partial charge in [0.15, 0.2) is 0 Å². The van der Waals surface area contributed by atoms with E-state index in [4.69, 9.17) is 0 Å². The third-order valence-corrected chi connectivity index (χ3v) is 4.49. The maximum Gasteiger partial charge on any atom is 0.285 e. The first-order valence-electron chi connectivity index (χ1n) is 6.52. The maximum atomic E-state index is 12.1. The molecule has 0 saturated carbocycles. The van der Waals surface area contributed by atoms with Crippen molar-refractivity contribution in [2.24, 2.45) is 0 Å². The number of halogens is 1. The monoisotopic (exact) mass is 426 g/mol. The topological polar surface area (TPSA) is 49.4 Å². The average molecular weight is 426 g/mol. The second-order valence-corrected chi connectivity index (χ2v) is 7.02. The van der Waals surface area contributed by atoms with Crippen molar-refractivity contribution >= 4 is 51.2 Å². The molecule has 0 saturated heterocycles. The van der Waals surface area contributed by atoms with E-state index in [9.17, 15) is 9.59 Å². The van der Waals surface area contributed by atoms with E-state index < -0.39 is 0 Å². The second kappa shape index (κ2) is 7.64. The second-order valence-electron chi connectivity index (χ2n) is 4.75. The Morgan fingerprint density at radius 3 is 2.36 bits per heavy atom. The molecule has 0 aliphatic rings. The quantitative estimate of drug-likeness (QED) is 0.588. The van der Waals surface area contributed by atoms with Crippen LogP contribution in [-0.2, 0) is 0 Å². The predicted octanol–water partition coefficient (Wildman–Crippen LogP) is 4.32. The van der Waals surface area contributed by atoms with Gasteiger partial charge in [0.2, 0.25) is 0 Å². The van der Waals surface area contributed by atoms with E-state index in [-0.39, 0.29) is 11.1 Å². The molecule has 0 fully saturated rings. The van der Waals surface area contributed by atoms with E-state index in [1.807, 2.05) is 30.3 Å². The Hall–Kier alpha value is -1.54. The van der Waals surface area contributed by atoms with Crippen LogP contribution in [0.15, 0.2) is 53.4 Å². The molecule has 22 heavy (non-hydrogen) atoms. The molecule has 0 bridgehead atoms. The highest BCUT2D eigenvalue weighted by molar-refractivity contribution is 14.1. The van der Waals surface area contributed by atoms with Crippen molar-refractivity contribution in [3.8, 4) is 0 Å². The molecule has 2 rings (SSSR count). The largest absolute Gasteiger partial charge is 0.339 e. The van der Waals surface area contributed by atoms with Crippen molar-refractivity contribution in [3.63, 3.8) is 0 Å². The number of nitrogens with one attached hydrogen (secondary N) is 1. The molecule has 0 aliphatic heterocycles. The molecule has 2 amide bonds. The summed E-state index contributed by atoms with van der Waals surface area (Å²) in [6.45, 7) is 0. The van der Waals surface area contributed by atoms with Crippen molar-refractivity contribution < 1.29 is 9.59 Å². The normalized spacial score (nSPS) is 10.1. The summed E-state index contributed by atoms with van der Waals surface area (Å²) in [4.78, 5) is 26.1. The maximum absolute atomic E-state index is 12.1. The number of amides is 2. The lowest BCUT2D eigenvalue weighted by molar-refractivity contribution is 0.102. The fourth-order valence-electron chi connectivity index (χ4n) is 1.63. The first-order valence-corrected chi connectivity index (χ1v) is 8.41. The Morgan fingerprint density at radius 2 is 1.77 bits per heavy atom. The first-order chi connectivity index (χ1) is 10.5. The Morgan fingerprint density at radius 1 is 1.09 bits per heavy atom. The fraction of sp³-hybridized carbons (Fsp3) is 0.125. The van der Waals surface area contributed by atoms with Crippen LogP contribution in [0.25, 0.3) is 0 Å². The number of benzene rings is 2. The molecular formula is C16H15IN2O2S. The van der Waals surface area contributed by atoms with E-state index in [0.29, 0.717) is 11.3 Å². The van der Waals surface area contributed by atoms with Gasteiger partial charge < -0.3 is 10.2 Å². The molecule has 0 aliphatic carbocycles. The van der Waals surface area contributed by atoms with Crippen molar-refractivity contribution in [2.75, 3.05) is 19.4 Å². The van der Waals surface area contributed by atoms with Crippen molar-refractivity contribution in [1.82, 2.24) is 4.90 Å². The Kier molecular flexibility index (Phi) is 5.84. The molecule has 4 nitrogen and oxygen atoms in total. The Labute approximate surface area is 147 Å². The van der Waals surface area contributed by atoms with Gasteiger partial charge in [-0.05, 0) is 76.8 Å². The van der Waals surface area contributed by atoms with E-state index in [2.05, 4.69) is 27.9 Å². The SMILES string of the molecule is CN(C)C(=O)Sc1ccc(NC(=O)c2cccc(I)c2)cc1. The first kappa shape index (κ1) is 16.8. The van der Waals surface area contributed by atoms with Crippen molar-refractivity contribution in [3.05, 3.63) is 57.7 Å². The minimum Gasteiger partial charge on any atom is -0.339 e. The van der Waals surface area contributed by atoms with Gasteiger partial charge in [0.1, 0.15) is 0 Å². The number of thioether (sulfide) groups is 1. The number of rotatable bonds is 3. The number of hydrogen-bond acceptors (Lipinski definition) is 3. The van der Waals surface area contributed by atoms with Crippen molar-refractivity contribution in [2.45, 2.75) is 4.90 Å². The number of hydrogen-bond donors (Lipinski definition) is 1. The number of nitrogens with zero attached hydrogens (tertiary/aromatic N) is 1. The van der Waals surface area contributed by atoms with Crippen LogP contribution in [0.5, 0.6) is 0 Å². The Balaban J connectivity index is 2.02. The molecule has 2 aromatic rings. The summed E-state index contributed by atoms with van der Waals surface area (Å²) < 4.78 is 1.01. The van der Waals surface area contributed by atoms with Crippen LogP contribution >= 0.6 is 34.4 Å². The third-order valence-electron chi connectivity index (χ3n) is 2.77. The van der Waals surface area contributed by atoms with Crippen LogP contribution in [0.3, 0.4) is 0 Å². The van der Waals surface area contributed by atoms with Crippen LogP contribution < -0.4 is 5.32 Å². The zero-order valence-corrected chi connectivity index (χ0v) is 15.1. The molecule has 0 spiro atoms. The molecule has 0 heterocycles. The molecular weight excluding hydrogens is 411 g/mol. The van der Waals surface area contributed by atoms with E-state index >= 15 is 0 Å². The van der Waals surface area contributed by atoms with Gasteiger partial charge in [-0.3, -0.25) is 9.59 Å². The summed E-state index contributed by atoms with van der Waals surface area (Å²) in [5.41, 5.74) is 1.32. The molecule has 0 atom stereocenters. The number of carbonyl (C=O) groups is 2. The summed E-state index contributed by atoms with van der Waals surface area (Å²) in [6.07, 6.45) is 0. The van der Waals surface area contributed by atoms with Crippen LogP contribution in [0.2, 0.25) is 0 Å². The fourth-order valence-corrected chi connectivity index (χ4v) is 2.83. The highest BCUT2D eigenvalue weighted by Crippen LogP contribution is 2.22. The van der Waals surface area contributed by atoms with Crippen LogP contribution in [0.1, 0.15) is 10.4 Å². The number of carbonyl (C=O) groups excluding carboxylic acids is 2. The lowest BCUT2D eigenvalue weighted by Gasteiger charge is -2.10. The van der Waals surface area contributed by atoms with Gasteiger partial charge >= 0.3 is 0 Å². The van der Waals surface area contributed by atoms with E-state index in [1.54, 1.807) is 32.3 Å². The van der Waals surface area contributed by atoms with Crippen LogP contribution in [0.4, 0.5) is 10.5 Å². The summed E-state index contributed by atoms with van der Waals surface area (Å²) in [5.74, 6) is -0.150. The molecule has 0 unspecified atom stereocenters. The summed E-state index contributed by atoms with van der Waals surface area (Å²) in [7, 11) is 3.43. The average Bonchev–Trinajstić information content (AvgIpc) is 2.49. The van der Waals surface area contributed by atoms with Gasteiger partial charge in [0, 0.05) is 33.8 Å². The molecule has 6 heteroatoms. The van der Waals surface area contributed by atoms with Gasteiger partial charge in [0.05, 0.1) is 0 Å². The standard InChI is InChI=1S/C16H15IN2O2S/c1-19(2)16(21)22-14-8-6-13(7-9-14)18-15(20)11-4-3-5-12(17)10-11/h3-10H,1-2H3,(H,18,20). The highest BCUT2D eigenvalue weighted by Gasteiger charge is 2.08. The molecule has 0 radical (unpaired) electrons. The molecule has 1 N–H and O–H groups in total. The zero-order chi connectivity index (χ0) is 16.1. The van der Waals surface area contributed by atoms with Crippen LogP contribution in [0, 0.1) is 3.57 Å². The van der Waals surface area contributed by atoms with Gasteiger partial charge in [-0.25, -0.2) is 0 Å². The van der Waals surface area contributed by atoms with E-state index in [0.717, 1.165) is 20.2 Å². The zero-order valence-electron chi connectivity index (χ0n) is 12.2. The van der Waals surface area contributed by atoms with Gasteiger partial charge in [-0.1, -0.05) is 6.07 Å². The smallest absolute Gasteiger partial charge is 0.285 e. The molecule has 0 aromatic heterocycles. The van der Waals surface area contributed by atoms with Gasteiger partial charge in [-0.2, -0.15) is 0 Å². The molecule has 114 valence electrons. The lowest BCUT2D eigenvalue weighted by Crippen LogP contribution is -2.16. The number of anilines is 1. The lowest BCUT2D eigenvalue weighted by atomic mass is 10.2. The third kappa shape index (κ3) is 4.74.